The van der Waals surface area contributed by atoms with E-state index in [0.717, 1.165) is 0 Å². The van der Waals surface area contributed by atoms with Crippen LogP contribution in [0.5, 0.6) is 0 Å². The van der Waals surface area contributed by atoms with Gasteiger partial charge in [-0.3, -0.25) is 0 Å². The van der Waals surface area contributed by atoms with Gasteiger partial charge in [-0.15, -0.1) is 0 Å². The second-order valence-electron chi connectivity index (χ2n) is 33.8. The number of hydrogen-bond donors (Lipinski definition) is 0. The number of hydrogen-bond acceptors (Lipinski definition) is 0. The van der Waals surface area contributed by atoms with Gasteiger partial charge in [0, 0.05) is 0 Å². The second kappa shape index (κ2) is 34.2. The average Bonchev–Trinajstić information content (AvgIpc) is 0.733. The van der Waals surface area contributed by atoms with Crippen LogP contribution >= 0.6 is 0 Å². The van der Waals surface area contributed by atoms with Gasteiger partial charge in [0.2, 0.25) is 0 Å². The standard InChI is InChI=1S/C46H30.2C42H28/c1-3-15-37-31(11-1)13-9-21-39(37)33-23-27-35(28-24-33)45-41-17-5-7-19-43(41)46(44-20-8-6-18-42(44)45)36-29-25-34(26-30-36)40-22-10-14-32-12-2-4-16-38(32)40;1-2-12-29(13-3-1)33-16-10-17-34(28-33)42-39-21-8-6-19-37(39)41(38-20-7-9-22-40(38)42)32-26-24-31(25-27-32)36-23-11-15-30-14-4-5-18-35(30)36;1-2-13-29(14-3-1)35-18-6-7-19-36(35)42-39-22-10-8-20-37(39)41(38-21-9-11-23-40(38)42)32-27-25-31(26-28-32)34-24-12-16-30-15-4-5-17-33(30)34/h1-30H;2*1-28H. The first kappa shape index (κ1) is 77.9. The molecule has 0 aliphatic heterocycles. The zero-order chi connectivity index (χ0) is 86.2. The Morgan fingerprint density at radius 2 is 0.246 bits per heavy atom. The SMILES string of the molecule is c1ccc(-c2cccc(-c3c4ccccc4c(-c4ccc(-c5cccc6ccccc56)cc4)c4ccccc34)c2)cc1.c1ccc(-c2ccccc2-c2c3ccccc3c(-c3ccc(-c4cccc5ccccc45)cc3)c3ccccc23)cc1.c1ccc2c(-c3ccc(-c4c5ccccc5c(-c5ccc(-c6cccc7ccccc67)cc5)c5ccccc45)cc3)cccc2c1. The van der Waals surface area contributed by atoms with Gasteiger partial charge in [-0.05, 0) is 247 Å². The molecule has 0 nitrogen and oxygen atoms in total. The van der Waals surface area contributed by atoms with Crippen molar-refractivity contribution in [3.05, 3.63) is 522 Å². The van der Waals surface area contributed by atoms with Crippen LogP contribution in [-0.2, 0) is 0 Å². The van der Waals surface area contributed by atoms with E-state index in [-0.39, 0.29) is 0 Å². The van der Waals surface area contributed by atoms with E-state index < -0.39 is 0 Å². The maximum absolute atomic E-state index is 2.34. The Bertz CT molecular complexity index is 8230. The molecule has 0 heterocycles. The monoisotopic (exact) mass is 1650 g/mol. The van der Waals surface area contributed by atoms with Gasteiger partial charge in [0.1, 0.15) is 0 Å². The molecule has 606 valence electrons. The van der Waals surface area contributed by atoms with Gasteiger partial charge in [0.05, 0.1) is 0 Å². The van der Waals surface area contributed by atoms with Crippen LogP contribution in [0.2, 0.25) is 0 Å². The zero-order valence-electron chi connectivity index (χ0n) is 71.7. The first-order chi connectivity index (χ1) is 64.5. The molecule has 0 bridgehead atoms. The van der Waals surface area contributed by atoms with E-state index >= 15 is 0 Å². The first-order valence-corrected chi connectivity index (χ1v) is 45.0. The van der Waals surface area contributed by atoms with Gasteiger partial charge in [-0.2, -0.15) is 0 Å². The second-order valence-corrected chi connectivity index (χ2v) is 33.8. The Hall–Kier alpha value is -16.9. The van der Waals surface area contributed by atoms with Crippen molar-refractivity contribution in [2.24, 2.45) is 0 Å². The molecular weight excluding hydrogens is 1560 g/mol. The molecule has 0 fully saturated rings. The molecule has 0 atom stereocenters. The molecule has 0 aliphatic carbocycles. The summed E-state index contributed by atoms with van der Waals surface area (Å²) in [4.78, 5) is 0. The molecule has 130 heavy (non-hydrogen) atoms. The Kier molecular flexibility index (Phi) is 20.5. The minimum Gasteiger partial charge on any atom is -0.0622 e. The van der Waals surface area contributed by atoms with Crippen molar-refractivity contribution in [2.75, 3.05) is 0 Å². The van der Waals surface area contributed by atoms with Crippen LogP contribution in [0.15, 0.2) is 522 Å². The normalized spacial score (nSPS) is 11.4. The van der Waals surface area contributed by atoms with Crippen LogP contribution in [-0.4, -0.2) is 0 Å². The predicted molar refractivity (Wildman–Crippen MR) is 560 cm³/mol. The van der Waals surface area contributed by atoms with Crippen molar-refractivity contribution in [1.82, 2.24) is 0 Å². The van der Waals surface area contributed by atoms with E-state index in [1.165, 1.54) is 241 Å². The summed E-state index contributed by atoms with van der Waals surface area (Å²) in [6.07, 6.45) is 0. The molecule has 0 spiro atoms. The minimum absolute atomic E-state index is 1.23. The van der Waals surface area contributed by atoms with Crippen molar-refractivity contribution in [3.8, 4) is 134 Å². The highest BCUT2D eigenvalue weighted by Crippen LogP contribution is 2.51. The number of fused-ring (bicyclic) bond motifs is 10. The molecule has 0 saturated carbocycles. The van der Waals surface area contributed by atoms with Crippen LogP contribution in [0.1, 0.15) is 0 Å². The van der Waals surface area contributed by atoms with E-state index in [0.29, 0.717) is 0 Å². The van der Waals surface area contributed by atoms with Gasteiger partial charge < -0.3 is 0 Å². The fourth-order valence-corrected chi connectivity index (χ4v) is 20.5. The molecule has 0 unspecified atom stereocenters. The Morgan fingerprint density at radius 3 is 0.531 bits per heavy atom. The van der Waals surface area contributed by atoms with Gasteiger partial charge in [0.15, 0.2) is 0 Å². The lowest BCUT2D eigenvalue weighted by atomic mass is 9.83. The molecule has 25 aromatic rings. The summed E-state index contributed by atoms with van der Waals surface area (Å²) >= 11 is 0. The molecule has 25 rings (SSSR count). The third-order valence-corrected chi connectivity index (χ3v) is 26.4. The summed E-state index contributed by atoms with van der Waals surface area (Å²) in [5.74, 6) is 0. The maximum atomic E-state index is 2.34. The lowest BCUT2D eigenvalue weighted by Gasteiger charge is -2.20. The van der Waals surface area contributed by atoms with Crippen molar-refractivity contribution in [2.45, 2.75) is 0 Å². The maximum Gasteiger partial charge on any atom is -0.00201 e. The third kappa shape index (κ3) is 14.4. The highest BCUT2D eigenvalue weighted by molar-refractivity contribution is 6.25. The molecule has 0 N–H and O–H groups in total. The molecule has 0 saturated heterocycles. The summed E-state index contributed by atoms with van der Waals surface area (Å²) in [6.45, 7) is 0. The molecule has 0 aliphatic rings. The average molecular weight is 1650 g/mol. The minimum atomic E-state index is 1.23. The van der Waals surface area contributed by atoms with Crippen molar-refractivity contribution < 1.29 is 0 Å². The lowest BCUT2D eigenvalue weighted by Crippen LogP contribution is -1.92. The topological polar surface area (TPSA) is 0 Å². The van der Waals surface area contributed by atoms with E-state index in [4.69, 9.17) is 0 Å². The summed E-state index contributed by atoms with van der Waals surface area (Å²) in [7, 11) is 0. The Balaban J connectivity index is 0.000000111. The third-order valence-electron chi connectivity index (χ3n) is 26.4. The molecular formula is C130H86. The van der Waals surface area contributed by atoms with Gasteiger partial charge in [-0.25, -0.2) is 0 Å². The largest absolute Gasteiger partial charge is 0.0622 e. The van der Waals surface area contributed by atoms with Crippen molar-refractivity contribution in [1.29, 1.82) is 0 Å². The molecule has 0 aromatic heterocycles. The smallest absolute Gasteiger partial charge is 0.00201 e. The highest BCUT2D eigenvalue weighted by atomic mass is 14.3. The van der Waals surface area contributed by atoms with Crippen LogP contribution < -0.4 is 0 Å². The van der Waals surface area contributed by atoms with Gasteiger partial charge in [-0.1, -0.05) is 516 Å². The fourth-order valence-electron chi connectivity index (χ4n) is 20.5. The highest BCUT2D eigenvalue weighted by Gasteiger charge is 2.23. The van der Waals surface area contributed by atoms with Crippen LogP contribution in [0, 0.1) is 0 Å². The summed E-state index contributed by atoms with van der Waals surface area (Å²) in [6, 6.07) is 190. The summed E-state index contributed by atoms with van der Waals surface area (Å²) in [5.41, 5.74) is 30.1. The number of benzene rings is 25. The molecule has 25 aromatic carbocycles. The quantitative estimate of drug-likeness (QED) is 0.107. The zero-order valence-corrected chi connectivity index (χ0v) is 71.7. The van der Waals surface area contributed by atoms with E-state index in [2.05, 4.69) is 522 Å². The first-order valence-electron chi connectivity index (χ1n) is 45.0. The van der Waals surface area contributed by atoms with Crippen molar-refractivity contribution in [3.63, 3.8) is 0 Å². The number of rotatable bonds is 12. The van der Waals surface area contributed by atoms with E-state index in [1.54, 1.807) is 0 Å². The predicted octanol–water partition coefficient (Wildman–Crippen LogP) is 36.6. The molecule has 0 radical (unpaired) electrons. The van der Waals surface area contributed by atoms with E-state index in [1.807, 2.05) is 0 Å². The van der Waals surface area contributed by atoms with Crippen LogP contribution in [0.25, 0.3) is 241 Å². The summed E-state index contributed by atoms with van der Waals surface area (Å²) in [5, 5.41) is 25.4. The molecule has 0 amide bonds. The Morgan fingerprint density at radius 1 is 0.0769 bits per heavy atom. The summed E-state index contributed by atoms with van der Waals surface area (Å²) < 4.78 is 0. The lowest BCUT2D eigenvalue weighted by molar-refractivity contribution is 1.60. The van der Waals surface area contributed by atoms with E-state index in [9.17, 15) is 0 Å². The Labute approximate surface area is 757 Å². The fraction of sp³-hybridized carbons (Fsp3) is 0. The molecule has 0 heteroatoms. The van der Waals surface area contributed by atoms with Gasteiger partial charge >= 0.3 is 0 Å². The van der Waals surface area contributed by atoms with Gasteiger partial charge in [0.25, 0.3) is 0 Å². The van der Waals surface area contributed by atoms with Crippen LogP contribution in [0.3, 0.4) is 0 Å². The van der Waals surface area contributed by atoms with Crippen LogP contribution in [0.4, 0.5) is 0 Å². The van der Waals surface area contributed by atoms with Crippen molar-refractivity contribution >= 4 is 108 Å².